The van der Waals surface area contributed by atoms with E-state index in [2.05, 4.69) is 6.58 Å². The van der Waals surface area contributed by atoms with Crippen LogP contribution in [0.4, 0.5) is 4.39 Å². The van der Waals surface area contributed by atoms with Crippen molar-refractivity contribution in [2.24, 2.45) is 0 Å². The van der Waals surface area contributed by atoms with Crippen molar-refractivity contribution in [1.29, 1.82) is 0 Å². The van der Waals surface area contributed by atoms with Crippen molar-refractivity contribution in [3.63, 3.8) is 0 Å². The summed E-state index contributed by atoms with van der Waals surface area (Å²) in [6.45, 7) is 3.59. The smallest absolute Gasteiger partial charge is 0.310 e. The van der Waals surface area contributed by atoms with Crippen LogP contribution in [0.3, 0.4) is 0 Å². The normalized spacial score (nSPS) is 11.9. The van der Waals surface area contributed by atoms with E-state index < -0.39 is 17.7 Å². The molecule has 2 nitrogen and oxygen atoms in total. The largest absolute Gasteiger partial charge is 0.481 e. The number of benzene rings is 2. The molecule has 0 aliphatic rings. The average molecular weight is 284 g/mol. The van der Waals surface area contributed by atoms with E-state index in [9.17, 15) is 14.3 Å². The summed E-state index contributed by atoms with van der Waals surface area (Å²) in [6, 6.07) is 13.8. The van der Waals surface area contributed by atoms with Crippen molar-refractivity contribution in [3.8, 4) is 11.1 Å². The monoisotopic (exact) mass is 284 g/mol. The van der Waals surface area contributed by atoms with Gasteiger partial charge in [0, 0.05) is 5.56 Å². The van der Waals surface area contributed by atoms with E-state index in [1.165, 1.54) is 6.07 Å². The van der Waals surface area contributed by atoms with E-state index in [0.717, 1.165) is 5.56 Å². The quantitative estimate of drug-likeness (QED) is 0.785. The third-order valence-electron chi connectivity index (χ3n) is 3.44. The molecule has 0 amide bonds. The van der Waals surface area contributed by atoms with E-state index >= 15 is 0 Å². The summed E-state index contributed by atoms with van der Waals surface area (Å²) in [4.78, 5) is 11.3. The zero-order chi connectivity index (χ0) is 15.2. The number of carboxylic acids is 1. The molecule has 0 spiro atoms. The van der Waals surface area contributed by atoms with Crippen LogP contribution in [0.5, 0.6) is 0 Å². The topological polar surface area (TPSA) is 37.3 Å². The molecule has 21 heavy (non-hydrogen) atoms. The summed E-state index contributed by atoms with van der Waals surface area (Å²) < 4.78 is 14.3. The lowest BCUT2D eigenvalue weighted by Crippen LogP contribution is -2.11. The Morgan fingerprint density at radius 3 is 2.52 bits per heavy atom. The molecule has 0 aliphatic heterocycles. The molecule has 0 heterocycles. The first-order valence-corrected chi connectivity index (χ1v) is 6.82. The molecule has 0 radical (unpaired) electrons. The molecule has 1 N–H and O–H groups in total. The predicted molar refractivity (Wildman–Crippen MR) is 81.6 cm³/mol. The second-order valence-corrected chi connectivity index (χ2v) is 4.86. The van der Waals surface area contributed by atoms with Crippen LogP contribution < -0.4 is 0 Å². The zero-order valence-electron chi connectivity index (χ0n) is 11.6. The maximum absolute atomic E-state index is 14.3. The second kappa shape index (κ2) is 6.84. The molecule has 1 atom stereocenters. The first kappa shape index (κ1) is 15.0. The summed E-state index contributed by atoms with van der Waals surface area (Å²) in [7, 11) is 0. The number of carbonyl (C=O) groups is 1. The molecule has 0 bridgehead atoms. The van der Waals surface area contributed by atoms with Crippen LogP contribution in [-0.2, 0) is 4.79 Å². The molecule has 0 saturated carbocycles. The lowest BCUT2D eigenvalue weighted by Gasteiger charge is -2.13. The number of allylic oxidation sites excluding steroid dienone is 1. The van der Waals surface area contributed by atoms with Gasteiger partial charge in [-0.3, -0.25) is 4.79 Å². The molecule has 0 aromatic heterocycles. The van der Waals surface area contributed by atoms with Gasteiger partial charge in [-0.15, -0.1) is 6.58 Å². The number of hydrogen-bond donors (Lipinski definition) is 1. The molecular formula is C18H17FO2. The van der Waals surface area contributed by atoms with Gasteiger partial charge < -0.3 is 5.11 Å². The number of hydrogen-bond acceptors (Lipinski definition) is 1. The minimum atomic E-state index is -0.941. The van der Waals surface area contributed by atoms with Crippen molar-refractivity contribution in [2.75, 3.05) is 0 Å². The Hall–Kier alpha value is -2.42. The van der Waals surface area contributed by atoms with Gasteiger partial charge in [-0.1, -0.05) is 48.5 Å². The van der Waals surface area contributed by atoms with Crippen LogP contribution in [0.25, 0.3) is 11.1 Å². The van der Waals surface area contributed by atoms with E-state index in [0.29, 0.717) is 24.0 Å². The second-order valence-electron chi connectivity index (χ2n) is 4.86. The maximum atomic E-state index is 14.3. The van der Waals surface area contributed by atoms with Crippen molar-refractivity contribution in [2.45, 2.75) is 18.8 Å². The zero-order valence-corrected chi connectivity index (χ0v) is 11.6. The molecule has 2 rings (SSSR count). The molecule has 2 aromatic carbocycles. The SMILES string of the molecule is C=CCCC(C(=O)O)c1ccc(-c2ccccc2)c(F)c1. The molecule has 1 unspecified atom stereocenters. The third kappa shape index (κ3) is 3.57. The lowest BCUT2D eigenvalue weighted by molar-refractivity contribution is -0.138. The van der Waals surface area contributed by atoms with Gasteiger partial charge in [0.25, 0.3) is 0 Å². The summed E-state index contributed by atoms with van der Waals surface area (Å²) >= 11 is 0. The summed E-state index contributed by atoms with van der Waals surface area (Å²) in [5, 5.41) is 9.27. The Kier molecular flexibility index (Phi) is 4.88. The molecule has 108 valence electrons. The van der Waals surface area contributed by atoms with Gasteiger partial charge in [0.2, 0.25) is 0 Å². The third-order valence-corrected chi connectivity index (χ3v) is 3.44. The highest BCUT2D eigenvalue weighted by Gasteiger charge is 2.20. The van der Waals surface area contributed by atoms with Crippen LogP contribution in [0.2, 0.25) is 0 Å². The van der Waals surface area contributed by atoms with Crippen LogP contribution in [0.1, 0.15) is 24.3 Å². The fourth-order valence-corrected chi connectivity index (χ4v) is 2.32. The summed E-state index contributed by atoms with van der Waals surface area (Å²) in [6.07, 6.45) is 2.67. The highest BCUT2D eigenvalue weighted by atomic mass is 19.1. The maximum Gasteiger partial charge on any atom is 0.310 e. The minimum absolute atomic E-state index is 0.399. The van der Waals surface area contributed by atoms with Gasteiger partial charge in [-0.25, -0.2) is 4.39 Å². The molecule has 0 aliphatic carbocycles. The summed E-state index contributed by atoms with van der Waals surface area (Å²) in [5.74, 6) is -2.05. The fraction of sp³-hybridized carbons (Fsp3) is 0.167. The fourth-order valence-electron chi connectivity index (χ4n) is 2.32. The number of aliphatic carboxylic acids is 1. The first-order chi connectivity index (χ1) is 10.1. The molecular weight excluding hydrogens is 267 g/mol. The van der Waals surface area contributed by atoms with Crippen molar-refractivity contribution in [1.82, 2.24) is 0 Å². The molecule has 0 saturated heterocycles. The van der Waals surface area contributed by atoms with Crippen molar-refractivity contribution < 1.29 is 14.3 Å². The van der Waals surface area contributed by atoms with Crippen LogP contribution >= 0.6 is 0 Å². The molecule has 2 aromatic rings. The van der Waals surface area contributed by atoms with Crippen molar-refractivity contribution in [3.05, 3.63) is 72.6 Å². The van der Waals surface area contributed by atoms with Gasteiger partial charge in [-0.2, -0.15) is 0 Å². The Morgan fingerprint density at radius 2 is 1.95 bits per heavy atom. The van der Waals surface area contributed by atoms with Gasteiger partial charge in [-0.05, 0) is 30.0 Å². The van der Waals surface area contributed by atoms with Gasteiger partial charge in [0.15, 0.2) is 0 Å². The Balaban J connectivity index is 2.33. The average Bonchev–Trinajstić information content (AvgIpc) is 2.48. The van der Waals surface area contributed by atoms with Crippen LogP contribution in [-0.4, -0.2) is 11.1 Å². The predicted octanol–water partition coefficient (Wildman–Crippen LogP) is 4.63. The number of halogens is 1. The molecule has 0 fully saturated rings. The van der Waals surface area contributed by atoms with Crippen LogP contribution in [0, 0.1) is 5.82 Å². The highest BCUT2D eigenvalue weighted by Crippen LogP contribution is 2.28. The Morgan fingerprint density at radius 1 is 1.24 bits per heavy atom. The first-order valence-electron chi connectivity index (χ1n) is 6.82. The van der Waals surface area contributed by atoms with Gasteiger partial charge in [0.05, 0.1) is 5.92 Å². The van der Waals surface area contributed by atoms with E-state index in [1.807, 2.05) is 30.3 Å². The Labute approximate surface area is 123 Å². The highest BCUT2D eigenvalue weighted by molar-refractivity contribution is 5.76. The van der Waals surface area contributed by atoms with Crippen molar-refractivity contribution >= 4 is 5.97 Å². The minimum Gasteiger partial charge on any atom is -0.481 e. The van der Waals surface area contributed by atoms with E-state index in [1.54, 1.807) is 18.2 Å². The number of carboxylic acid groups (broad SMARTS) is 1. The van der Waals surface area contributed by atoms with E-state index in [-0.39, 0.29) is 0 Å². The standard InChI is InChI=1S/C18H17FO2/c1-2-3-9-16(18(20)21)14-10-11-15(17(19)12-14)13-7-5-4-6-8-13/h2,4-8,10-12,16H,1,3,9H2,(H,20,21). The van der Waals surface area contributed by atoms with Crippen LogP contribution in [0.15, 0.2) is 61.2 Å². The lowest BCUT2D eigenvalue weighted by atomic mass is 9.92. The van der Waals surface area contributed by atoms with Gasteiger partial charge >= 0.3 is 5.97 Å². The Bertz CT molecular complexity index is 635. The van der Waals surface area contributed by atoms with E-state index in [4.69, 9.17) is 0 Å². The number of rotatable bonds is 6. The van der Waals surface area contributed by atoms with Gasteiger partial charge in [0.1, 0.15) is 5.82 Å². The summed E-state index contributed by atoms with van der Waals surface area (Å²) in [5.41, 5.74) is 1.74. The molecule has 3 heteroatoms.